The van der Waals surface area contributed by atoms with Gasteiger partial charge in [0.2, 0.25) is 0 Å². The highest BCUT2D eigenvalue weighted by Crippen LogP contribution is 2.25. The highest BCUT2D eigenvalue weighted by molar-refractivity contribution is 6.04. The zero-order chi connectivity index (χ0) is 17.2. The normalized spacial score (nSPS) is 18.8. The van der Waals surface area contributed by atoms with Gasteiger partial charge >= 0.3 is 0 Å². The van der Waals surface area contributed by atoms with Gasteiger partial charge in [-0.3, -0.25) is 4.79 Å². The summed E-state index contributed by atoms with van der Waals surface area (Å²) in [6, 6.07) is 1.89. The molecule has 134 valence electrons. The van der Waals surface area contributed by atoms with Gasteiger partial charge < -0.3 is 9.88 Å². The van der Waals surface area contributed by atoms with E-state index in [0.29, 0.717) is 11.5 Å². The summed E-state index contributed by atoms with van der Waals surface area (Å²) in [5.74, 6) is 1.73. The molecule has 4 rings (SSSR count). The van der Waals surface area contributed by atoms with Gasteiger partial charge in [0.1, 0.15) is 11.3 Å². The van der Waals surface area contributed by atoms with Crippen molar-refractivity contribution in [2.24, 2.45) is 5.92 Å². The van der Waals surface area contributed by atoms with Crippen molar-refractivity contribution in [2.45, 2.75) is 71.3 Å². The number of aryl methyl sites for hydroxylation is 3. The third-order valence-electron chi connectivity index (χ3n) is 5.71. The van der Waals surface area contributed by atoms with Crippen LogP contribution in [-0.2, 0) is 13.0 Å². The minimum Gasteiger partial charge on any atom is -0.352 e. The number of rotatable bonds is 3. The number of carbonyl (C=O) groups is 1. The highest BCUT2D eigenvalue weighted by Gasteiger charge is 2.21. The van der Waals surface area contributed by atoms with Crippen LogP contribution >= 0.6 is 0 Å². The average molecular weight is 340 g/mol. The summed E-state index contributed by atoms with van der Waals surface area (Å²) in [6.07, 6.45) is 11.0. The van der Waals surface area contributed by atoms with E-state index in [1.54, 1.807) is 0 Å². The van der Waals surface area contributed by atoms with Crippen molar-refractivity contribution in [3.8, 4) is 0 Å². The first-order chi connectivity index (χ1) is 12.2. The van der Waals surface area contributed by atoms with Crippen LogP contribution in [0.15, 0.2) is 6.07 Å². The zero-order valence-electron chi connectivity index (χ0n) is 15.2. The molecule has 0 atom stereocenters. The molecule has 5 nitrogen and oxygen atoms in total. The van der Waals surface area contributed by atoms with Crippen LogP contribution in [0.2, 0.25) is 0 Å². The van der Waals surface area contributed by atoms with Gasteiger partial charge in [-0.2, -0.15) is 0 Å². The predicted molar refractivity (Wildman–Crippen MR) is 98.7 cm³/mol. The number of pyridine rings is 1. The fourth-order valence-electron chi connectivity index (χ4n) is 4.31. The molecule has 2 aromatic rings. The minimum absolute atomic E-state index is 0.00864. The number of nitrogens with one attached hydrogen (secondary N) is 1. The van der Waals surface area contributed by atoms with Crippen LogP contribution in [0.3, 0.4) is 0 Å². The van der Waals surface area contributed by atoms with E-state index in [1.807, 2.05) is 13.0 Å². The number of imidazole rings is 1. The average Bonchev–Trinajstić information content (AvgIpc) is 2.81. The molecule has 0 spiro atoms. The number of hydrogen-bond acceptors (Lipinski definition) is 3. The van der Waals surface area contributed by atoms with Gasteiger partial charge in [0.15, 0.2) is 5.65 Å². The lowest BCUT2D eigenvalue weighted by Gasteiger charge is -2.21. The first-order valence-corrected chi connectivity index (χ1v) is 9.87. The van der Waals surface area contributed by atoms with Crippen molar-refractivity contribution in [2.75, 3.05) is 6.54 Å². The Hall–Kier alpha value is -1.91. The van der Waals surface area contributed by atoms with Crippen LogP contribution < -0.4 is 5.32 Å². The fraction of sp³-hybridized carbons (Fsp3) is 0.650. The van der Waals surface area contributed by atoms with Crippen LogP contribution in [0.5, 0.6) is 0 Å². The van der Waals surface area contributed by atoms with E-state index >= 15 is 0 Å². The first-order valence-electron chi connectivity index (χ1n) is 9.87. The molecule has 0 radical (unpaired) electrons. The maximum absolute atomic E-state index is 12.8. The van der Waals surface area contributed by atoms with Crippen LogP contribution in [0.4, 0.5) is 0 Å². The van der Waals surface area contributed by atoms with Gasteiger partial charge in [-0.25, -0.2) is 9.97 Å². The molecular weight excluding hydrogens is 312 g/mol. The van der Waals surface area contributed by atoms with E-state index in [1.165, 1.54) is 44.9 Å². The summed E-state index contributed by atoms with van der Waals surface area (Å²) in [5.41, 5.74) is 3.25. The molecule has 0 aromatic carbocycles. The second-order valence-corrected chi connectivity index (χ2v) is 7.69. The number of aromatic nitrogens is 3. The van der Waals surface area contributed by atoms with Crippen molar-refractivity contribution < 1.29 is 4.79 Å². The lowest BCUT2D eigenvalue weighted by molar-refractivity contribution is 0.0945. The lowest BCUT2D eigenvalue weighted by atomic mass is 9.89. The molecular formula is C20H28N4O. The van der Waals surface area contributed by atoms with Crippen molar-refractivity contribution in [1.29, 1.82) is 0 Å². The molecule has 2 aromatic heterocycles. The summed E-state index contributed by atoms with van der Waals surface area (Å²) in [6.45, 7) is 3.72. The molecule has 3 heterocycles. The number of fused-ring (bicyclic) bond motifs is 3. The first kappa shape index (κ1) is 16.6. The molecule has 1 aliphatic heterocycles. The van der Waals surface area contributed by atoms with Gasteiger partial charge in [-0.15, -0.1) is 0 Å². The van der Waals surface area contributed by atoms with Crippen LogP contribution in [0.1, 0.15) is 73.2 Å². The maximum atomic E-state index is 12.8. The van der Waals surface area contributed by atoms with E-state index < -0.39 is 0 Å². The molecule has 0 bridgehead atoms. The SMILES string of the molecule is Cc1cc(C(=O)NCC2CCCCC2)c2nc3n(c2n1)CCCCC3. The van der Waals surface area contributed by atoms with Crippen LogP contribution in [0, 0.1) is 12.8 Å². The van der Waals surface area contributed by atoms with E-state index in [9.17, 15) is 4.79 Å². The Morgan fingerprint density at radius 2 is 1.96 bits per heavy atom. The summed E-state index contributed by atoms with van der Waals surface area (Å²) in [7, 11) is 0. The van der Waals surface area contributed by atoms with E-state index in [-0.39, 0.29) is 5.91 Å². The molecule has 0 unspecified atom stereocenters. The fourth-order valence-corrected chi connectivity index (χ4v) is 4.31. The molecule has 5 heteroatoms. The lowest BCUT2D eigenvalue weighted by Crippen LogP contribution is -2.30. The summed E-state index contributed by atoms with van der Waals surface area (Å²) in [4.78, 5) is 22.4. The molecule has 1 N–H and O–H groups in total. The third kappa shape index (κ3) is 3.42. The molecule has 1 saturated carbocycles. The Balaban J connectivity index is 1.61. The van der Waals surface area contributed by atoms with Gasteiger partial charge in [0.05, 0.1) is 5.56 Å². The van der Waals surface area contributed by atoms with Gasteiger partial charge in [-0.1, -0.05) is 25.7 Å². The largest absolute Gasteiger partial charge is 0.352 e. The van der Waals surface area contributed by atoms with Crippen molar-refractivity contribution in [1.82, 2.24) is 19.9 Å². The minimum atomic E-state index is 0.00864. The molecule has 1 fully saturated rings. The highest BCUT2D eigenvalue weighted by atomic mass is 16.1. The maximum Gasteiger partial charge on any atom is 0.253 e. The van der Waals surface area contributed by atoms with Gasteiger partial charge in [0.25, 0.3) is 5.91 Å². The molecule has 2 aliphatic rings. The monoisotopic (exact) mass is 340 g/mol. The predicted octanol–water partition coefficient (Wildman–Crippen LogP) is 3.78. The quantitative estimate of drug-likeness (QED) is 0.925. The smallest absolute Gasteiger partial charge is 0.253 e. The molecule has 1 aliphatic carbocycles. The number of carbonyl (C=O) groups excluding carboxylic acids is 1. The Kier molecular flexibility index (Phi) is 4.73. The Morgan fingerprint density at radius 3 is 2.80 bits per heavy atom. The second kappa shape index (κ2) is 7.14. The standard InChI is InChI=1S/C20H28N4O/c1-14-12-16(20(25)21-13-15-8-4-2-5-9-15)18-19(22-14)24-11-7-3-6-10-17(24)23-18/h12,15H,2-11,13H2,1H3,(H,21,25). The second-order valence-electron chi connectivity index (χ2n) is 7.69. The van der Waals surface area contributed by atoms with Crippen LogP contribution in [0.25, 0.3) is 11.2 Å². The van der Waals surface area contributed by atoms with Gasteiger partial charge in [-0.05, 0) is 44.6 Å². The number of hydrogen-bond donors (Lipinski definition) is 1. The third-order valence-corrected chi connectivity index (χ3v) is 5.71. The van der Waals surface area contributed by atoms with E-state index in [2.05, 4.69) is 9.88 Å². The summed E-state index contributed by atoms with van der Waals surface area (Å²) in [5, 5.41) is 3.16. The van der Waals surface area contributed by atoms with Gasteiger partial charge in [0, 0.05) is 25.2 Å². The van der Waals surface area contributed by atoms with Crippen molar-refractivity contribution >= 4 is 17.1 Å². The van der Waals surface area contributed by atoms with Crippen molar-refractivity contribution in [3.05, 3.63) is 23.1 Å². The number of amides is 1. The van der Waals surface area contributed by atoms with Crippen LogP contribution in [-0.4, -0.2) is 27.0 Å². The summed E-state index contributed by atoms with van der Waals surface area (Å²) >= 11 is 0. The molecule has 0 saturated heterocycles. The summed E-state index contributed by atoms with van der Waals surface area (Å²) < 4.78 is 2.23. The Morgan fingerprint density at radius 1 is 1.16 bits per heavy atom. The zero-order valence-corrected chi connectivity index (χ0v) is 15.2. The Labute approximate surface area is 149 Å². The molecule has 1 amide bonds. The van der Waals surface area contributed by atoms with Crippen molar-refractivity contribution in [3.63, 3.8) is 0 Å². The number of nitrogens with zero attached hydrogens (tertiary/aromatic N) is 3. The molecule has 25 heavy (non-hydrogen) atoms. The topological polar surface area (TPSA) is 59.8 Å². The van der Waals surface area contributed by atoms with E-state index in [4.69, 9.17) is 9.97 Å². The van der Waals surface area contributed by atoms with E-state index in [0.717, 1.165) is 48.6 Å². The Bertz CT molecular complexity index is 774.